The molecule has 4 nitrogen and oxygen atoms in total. The lowest BCUT2D eigenvalue weighted by Gasteiger charge is -2.26. The summed E-state index contributed by atoms with van der Waals surface area (Å²) in [5.74, 6) is -0.751. The Kier molecular flexibility index (Phi) is 4.69. The van der Waals surface area contributed by atoms with Gasteiger partial charge in [-0.25, -0.2) is 0 Å². The van der Waals surface area contributed by atoms with Gasteiger partial charge >= 0.3 is 5.97 Å². The zero-order valence-electron chi connectivity index (χ0n) is 11.9. The van der Waals surface area contributed by atoms with E-state index in [9.17, 15) is 4.79 Å². The van der Waals surface area contributed by atoms with Crippen LogP contribution in [-0.4, -0.2) is 33.5 Å². The van der Waals surface area contributed by atoms with Crippen LogP contribution < -0.4 is 0 Å². The maximum atomic E-state index is 10.8. The predicted octanol–water partition coefficient (Wildman–Crippen LogP) is 2.92. The lowest BCUT2D eigenvalue weighted by Crippen LogP contribution is -2.34. The number of carboxylic acid groups (broad SMARTS) is 1. The molecule has 0 radical (unpaired) electrons. The number of pyridine rings is 1. The van der Waals surface area contributed by atoms with Crippen LogP contribution in [0.4, 0.5) is 0 Å². The van der Waals surface area contributed by atoms with Gasteiger partial charge in [0.15, 0.2) is 0 Å². The summed E-state index contributed by atoms with van der Waals surface area (Å²) in [4.78, 5) is 17.3. The van der Waals surface area contributed by atoms with Gasteiger partial charge in [0.2, 0.25) is 0 Å². The molecule has 0 aliphatic heterocycles. The molecule has 0 bridgehead atoms. The normalized spacial score (nSPS) is 12.8. The molecule has 0 amide bonds. The van der Waals surface area contributed by atoms with Gasteiger partial charge in [0.25, 0.3) is 0 Å². The number of aromatic nitrogens is 1. The fourth-order valence-corrected chi connectivity index (χ4v) is 2.42. The van der Waals surface area contributed by atoms with E-state index in [2.05, 4.69) is 28.9 Å². The number of aliphatic carboxylic acids is 1. The van der Waals surface area contributed by atoms with Gasteiger partial charge in [-0.1, -0.05) is 19.1 Å². The number of nitrogens with zero attached hydrogens (tertiary/aromatic N) is 2. The summed E-state index contributed by atoms with van der Waals surface area (Å²) in [6.45, 7) is 5.61. The third kappa shape index (κ3) is 3.54. The van der Waals surface area contributed by atoms with Crippen molar-refractivity contribution in [2.45, 2.75) is 32.9 Å². The highest BCUT2D eigenvalue weighted by Gasteiger charge is 2.15. The molecule has 1 unspecified atom stereocenters. The second-order valence-corrected chi connectivity index (χ2v) is 5.04. The van der Waals surface area contributed by atoms with Crippen LogP contribution in [0.25, 0.3) is 10.9 Å². The molecular weight excluding hydrogens is 252 g/mol. The fourth-order valence-electron chi connectivity index (χ4n) is 2.42. The number of carbonyl (C=O) groups is 1. The van der Waals surface area contributed by atoms with Crippen molar-refractivity contribution in [3.8, 4) is 0 Å². The van der Waals surface area contributed by atoms with Crippen molar-refractivity contribution in [1.29, 1.82) is 0 Å². The molecule has 0 aliphatic rings. The third-order valence-corrected chi connectivity index (χ3v) is 3.55. The first-order valence-electron chi connectivity index (χ1n) is 6.89. The zero-order chi connectivity index (χ0) is 14.5. The molecule has 0 spiro atoms. The Hall–Kier alpha value is -1.94. The number of fused-ring (bicyclic) bond motifs is 1. The molecular formula is C16H20N2O2. The van der Waals surface area contributed by atoms with Crippen LogP contribution in [0.1, 0.15) is 25.8 Å². The van der Waals surface area contributed by atoms with Gasteiger partial charge < -0.3 is 5.11 Å². The number of benzene rings is 1. The minimum Gasteiger partial charge on any atom is -0.481 e. The Balaban J connectivity index is 2.14. The molecule has 0 aliphatic carbocycles. The minimum absolute atomic E-state index is 0.0297. The van der Waals surface area contributed by atoms with Gasteiger partial charge in [-0.3, -0.25) is 14.7 Å². The average Bonchev–Trinajstić information content (AvgIpc) is 2.43. The first-order valence-corrected chi connectivity index (χ1v) is 6.89. The highest BCUT2D eigenvalue weighted by Crippen LogP contribution is 2.16. The van der Waals surface area contributed by atoms with Crippen LogP contribution in [0.15, 0.2) is 36.5 Å². The Morgan fingerprint density at radius 1 is 1.40 bits per heavy atom. The highest BCUT2D eigenvalue weighted by molar-refractivity contribution is 5.78. The lowest BCUT2D eigenvalue weighted by molar-refractivity contribution is -0.138. The highest BCUT2D eigenvalue weighted by atomic mass is 16.4. The maximum Gasteiger partial charge on any atom is 0.304 e. The van der Waals surface area contributed by atoms with Gasteiger partial charge in [-0.2, -0.15) is 0 Å². The van der Waals surface area contributed by atoms with E-state index in [1.54, 1.807) is 6.20 Å². The smallest absolute Gasteiger partial charge is 0.304 e. The average molecular weight is 272 g/mol. The first-order chi connectivity index (χ1) is 9.60. The molecule has 20 heavy (non-hydrogen) atoms. The molecule has 1 aromatic heterocycles. The second kappa shape index (κ2) is 6.48. The van der Waals surface area contributed by atoms with Gasteiger partial charge in [0.05, 0.1) is 11.9 Å². The first kappa shape index (κ1) is 14.5. The molecule has 0 fully saturated rings. The quantitative estimate of drug-likeness (QED) is 0.878. The zero-order valence-corrected chi connectivity index (χ0v) is 11.9. The Bertz CT molecular complexity index is 598. The molecule has 4 heteroatoms. The van der Waals surface area contributed by atoms with Crippen LogP contribution in [0, 0.1) is 0 Å². The van der Waals surface area contributed by atoms with E-state index >= 15 is 0 Å². The molecule has 1 aromatic carbocycles. The SMILES string of the molecule is CCN(Cc1ccc2ncccc2c1)C(C)CC(=O)O. The van der Waals surface area contributed by atoms with Crippen LogP contribution in [0.2, 0.25) is 0 Å². The lowest BCUT2D eigenvalue weighted by atomic mass is 10.1. The van der Waals surface area contributed by atoms with Crippen molar-refractivity contribution in [2.75, 3.05) is 6.54 Å². The molecule has 106 valence electrons. The van der Waals surface area contributed by atoms with Crippen molar-refractivity contribution >= 4 is 16.9 Å². The standard InChI is InChI=1S/C16H20N2O2/c1-3-18(12(2)9-16(19)20)11-13-6-7-15-14(10-13)5-4-8-17-15/h4-8,10,12H,3,9,11H2,1-2H3,(H,19,20). The van der Waals surface area contributed by atoms with Crippen LogP contribution in [0.5, 0.6) is 0 Å². The minimum atomic E-state index is -0.751. The largest absolute Gasteiger partial charge is 0.481 e. The van der Waals surface area contributed by atoms with Gasteiger partial charge in [-0.15, -0.1) is 0 Å². The second-order valence-electron chi connectivity index (χ2n) is 5.04. The monoisotopic (exact) mass is 272 g/mol. The summed E-state index contributed by atoms with van der Waals surface area (Å²) in [6, 6.07) is 10.2. The number of hydrogen-bond acceptors (Lipinski definition) is 3. The molecule has 2 rings (SSSR count). The summed E-state index contributed by atoms with van der Waals surface area (Å²) in [7, 11) is 0. The maximum absolute atomic E-state index is 10.8. The molecule has 0 saturated heterocycles. The van der Waals surface area contributed by atoms with Crippen LogP contribution in [-0.2, 0) is 11.3 Å². The molecule has 1 N–H and O–H groups in total. The number of rotatable bonds is 6. The number of hydrogen-bond donors (Lipinski definition) is 1. The Morgan fingerprint density at radius 2 is 2.20 bits per heavy atom. The van der Waals surface area contributed by atoms with Crippen molar-refractivity contribution in [3.05, 3.63) is 42.1 Å². The number of carboxylic acids is 1. The van der Waals surface area contributed by atoms with E-state index in [0.29, 0.717) is 0 Å². The summed E-state index contributed by atoms with van der Waals surface area (Å²) < 4.78 is 0. The summed E-state index contributed by atoms with van der Waals surface area (Å²) in [6.07, 6.45) is 1.96. The van der Waals surface area contributed by atoms with Crippen molar-refractivity contribution in [1.82, 2.24) is 9.88 Å². The Morgan fingerprint density at radius 3 is 2.90 bits per heavy atom. The van der Waals surface area contributed by atoms with Crippen molar-refractivity contribution < 1.29 is 9.90 Å². The van der Waals surface area contributed by atoms with E-state index in [1.807, 2.05) is 25.1 Å². The molecule has 2 aromatic rings. The third-order valence-electron chi connectivity index (χ3n) is 3.55. The predicted molar refractivity (Wildman–Crippen MR) is 79.5 cm³/mol. The van der Waals surface area contributed by atoms with Crippen LogP contribution in [0.3, 0.4) is 0 Å². The van der Waals surface area contributed by atoms with E-state index < -0.39 is 5.97 Å². The summed E-state index contributed by atoms with van der Waals surface area (Å²) in [5, 5.41) is 10.0. The fraction of sp³-hybridized carbons (Fsp3) is 0.375. The summed E-state index contributed by atoms with van der Waals surface area (Å²) in [5.41, 5.74) is 2.17. The molecule has 1 heterocycles. The van der Waals surface area contributed by atoms with Crippen LogP contribution >= 0.6 is 0 Å². The van der Waals surface area contributed by atoms with E-state index in [-0.39, 0.29) is 12.5 Å². The van der Waals surface area contributed by atoms with Crippen molar-refractivity contribution in [2.24, 2.45) is 0 Å². The topological polar surface area (TPSA) is 53.4 Å². The van der Waals surface area contributed by atoms with Crippen molar-refractivity contribution in [3.63, 3.8) is 0 Å². The van der Waals surface area contributed by atoms with E-state index in [4.69, 9.17) is 5.11 Å². The van der Waals surface area contributed by atoms with Gasteiger partial charge in [-0.05, 0) is 37.2 Å². The molecule has 1 atom stereocenters. The van der Waals surface area contributed by atoms with E-state index in [0.717, 1.165) is 24.0 Å². The van der Waals surface area contributed by atoms with Gasteiger partial charge in [0.1, 0.15) is 0 Å². The molecule has 0 saturated carbocycles. The Labute approximate surface area is 119 Å². The van der Waals surface area contributed by atoms with E-state index in [1.165, 1.54) is 5.56 Å². The summed E-state index contributed by atoms with van der Waals surface area (Å²) >= 11 is 0. The van der Waals surface area contributed by atoms with Gasteiger partial charge in [0, 0.05) is 24.2 Å².